The molecular weight excluding hydrogens is 605 g/mol. The second-order valence-corrected chi connectivity index (χ2v) is 10.5. The van der Waals surface area contributed by atoms with E-state index in [1.807, 2.05) is 64.1 Å². The average Bonchev–Trinajstić information content (AvgIpc) is 2.90. The summed E-state index contributed by atoms with van der Waals surface area (Å²) in [6.07, 6.45) is 1.66. The highest BCUT2D eigenvalue weighted by Gasteiger charge is 2.19. The van der Waals surface area contributed by atoms with Gasteiger partial charge in [-0.1, -0.05) is 26.0 Å². The van der Waals surface area contributed by atoms with Gasteiger partial charge in [-0.2, -0.15) is 9.78 Å². The quantitative estimate of drug-likeness (QED) is 0.136. The van der Waals surface area contributed by atoms with Crippen LogP contribution in [0.5, 0.6) is 17.2 Å². The number of fused-ring (bicyclic) bond motifs is 1. The lowest BCUT2D eigenvalue weighted by Gasteiger charge is -2.18. The Morgan fingerprint density at radius 3 is 2.36 bits per heavy atom. The van der Waals surface area contributed by atoms with E-state index in [1.54, 1.807) is 12.3 Å². The van der Waals surface area contributed by atoms with Crippen LogP contribution in [0.15, 0.2) is 58.4 Å². The Morgan fingerprint density at radius 2 is 1.67 bits per heavy atom. The standard InChI is InChI=1S/C31H34IN3O4/c1-7-37-27-14-20(6)24(17-23(27)19(4)5)30-34-26-13-11-10-12-22(26)31(36)35(30)33-18-21-15-25(32)29(39-9-3)28(16-21)38-8-2/h10-19H,7-9H2,1-6H3. The van der Waals surface area contributed by atoms with Gasteiger partial charge in [0.2, 0.25) is 0 Å². The number of rotatable bonds is 10. The zero-order valence-electron chi connectivity index (χ0n) is 23.2. The summed E-state index contributed by atoms with van der Waals surface area (Å²) in [6, 6.07) is 15.3. The number of benzene rings is 3. The van der Waals surface area contributed by atoms with Crippen molar-refractivity contribution in [1.82, 2.24) is 9.66 Å². The first-order valence-electron chi connectivity index (χ1n) is 13.2. The molecule has 0 aliphatic carbocycles. The highest BCUT2D eigenvalue weighted by molar-refractivity contribution is 14.1. The molecule has 1 heterocycles. The molecule has 0 aliphatic rings. The molecule has 0 radical (unpaired) electrons. The van der Waals surface area contributed by atoms with Gasteiger partial charge in [0.1, 0.15) is 5.75 Å². The first-order chi connectivity index (χ1) is 18.8. The number of hydrogen-bond donors (Lipinski definition) is 0. The summed E-state index contributed by atoms with van der Waals surface area (Å²) in [4.78, 5) is 18.7. The lowest BCUT2D eigenvalue weighted by molar-refractivity contribution is 0.286. The summed E-state index contributed by atoms with van der Waals surface area (Å²) < 4.78 is 19.8. The Balaban J connectivity index is 1.93. The number of halogens is 1. The molecule has 0 fully saturated rings. The van der Waals surface area contributed by atoms with E-state index in [9.17, 15) is 4.79 Å². The van der Waals surface area contributed by atoms with Crippen molar-refractivity contribution in [3.63, 3.8) is 0 Å². The van der Waals surface area contributed by atoms with Crippen LogP contribution in [0.25, 0.3) is 22.3 Å². The highest BCUT2D eigenvalue weighted by atomic mass is 127. The second-order valence-electron chi connectivity index (χ2n) is 9.30. The van der Waals surface area contributed by atoms with Crippen LogP contribution in [0.2, 0.25) is 0 Å². The van der Waals surface area contributed by atoms with Gasteiger partial charge in [0, 0.05) is 5.56 Å². The third-order valence-electron chi connectivity index (χ3n) is 6.22. The molecule has 8 heteroatoms. The summed E-state index contributed by atoms with van der Waals surface area (Å²) in [5.74, 6) is 2.88. The Hall–Kier alpha value is -3.40. The van der Waals surface area contributed by atoms with Crippen LogP contribution < -0.4 is 19.8 Å². The van der Waals surface area contributed by atoms with Gasteiger partial charge in [0.05, 0.1) is 40.5 Å². The van der Waals surface area contributed by atoms with Gasteiger partial charge in [-0.05, 0) is 109 Å². The van der Waals surface area contributed by atoms with Crippen molar-refractivity contribution in [1.29, 1.82) is 0 Å². The molecule has 3 aromatic carbocycles. The van der Waals surface area contributed by atoms with Crippen molar-refractivity contribution in [2.24, 2.45) is 5.10 Å². The molecule has 7 nitrogen and oxygen atoms in total. The van der Waals surface area contributed by atoms with E-state index in [1.165, 1.54) is 4.68 Å². The lowest BCUT2D eigenvalue weighted by Crippen LogP contribution is -2.21. The van der Waals surface area contributed by atoms with Gasteiger partial charge in [0.25, 0.3) is 5.56 Å². The van der Waals surface area contributed by atoms with E-state index >= 15 is 0 Å². The van der Waals surface area contributed by atoms with Crippen LogP contribution in [0.4, 0.5) is 0 Å². The minimum atomic E-state index is -0.239. The second kappa shape index (κ2) is 12.6. The van der Waals surface area contributed by atoms with E-state index in [2.05, 4.69) is 47.6 Å². The molecule has 0 unspecified atom stereocenters. The van der Waals surface area contributed by atoms with Crippen LogP contribution in [-0.2, 0) is 0 Å². The maximum atomic E-state index is 13.8. The van der Waals surface area contributed by atoms with Crippen LogP contribution in [0.3, 0.4) is 0 Å². The van der Waals surface area contributed by atoms with E-state index in [0.717, 1.165) is 31.6 Å². The summed E-state index contributed by atoms with van der Waals surface area (Å²) in [5.41, 5.74) is 4.00. The fourth-order valence-corrected chi connectivity index (χ4v) is 5.19. The van der Waals surface area contributed by atoms with Crippen molar-refractivity contribution in [2.75, 3.05) is 19.8 Å². The van der Waals surface area contributed by atoms with E-state index < -0.39 is 0 Å². The molecule has 0 N–H and O–H groups in total. The molecule has 4 rings (SSSR count). The largest absolute Gasteiger partial charge is 0.494 e. The minimum Gasteiger partial charge on any atom is -0.494 e. The van der Waals surface area contributed by atoms with E-state index in [-0.39, 0.29) is 11.5 Å². The van der Waals surface area contributed by atoms with Crippen molar-refractivity contribution < 1.29 is 14.2 Å². The van der Waals surface area contributed by atoms with Crippen molar-refractivity contribution in [2.45, 2.75) is 47.5 Å². The molecule has 0 atom stereocenters. The van der Waals surface area contributed by atoms with Gasteiger partial charge < -0.3 is 14.2 Å². The minimum absolute atomic E-state index is 0.220. The number of ether oxygens (including phenoxy) is 3. The van der Waals surface area contributed by atoms with Crippen molar-refractivity contribution in [3.8, 4) is 28.6 Å². The third kappa shape index (κ3) is 6.11. The molecule has 0 amide bonds. The van der Waals surface area contributed by atoms with Gasteiger partial charge >= 0.3 is 0 Å². The molecule has 0 bridgehead atoms. The van der Waals surface area contributed by atoms with Crippen LogP contribution in [0, 0.1) is 10.5 Å². The predicted octanol–water partition coefficient (Wildman–Crippen LogP) is 7.18. The predicted molar refractivity (Wildman–Crippen MR) is 166 cm³/mol. The van der Waals surface area contributed by atoms with Crippen molar-refractivity contribution >= 4 is 39.7 Å². The first-order valence-corrected chi connectivity index (χ1v) is 14.3. The summed E-state index contributed by atoms with van der Waals surface area (Å²) in [6.45, 7) is 13.7. The first kappa shape index (κ1) is 28.6. The smallest absolute Gasteiger partial charge is 0.282 e. The normalized spacial score (nSPS) is 11.5. The van der Waals surface area contributed by atoms with Gasteiger partial charge in [-0.15, -0.1) is 0 Å². The monoisotopic (exact) mass is 639 g/mol. The Labute approximate surface area is 243 Å². The van der Waals surface area contributed by atoms with Gasteiger partial charge in [-0.3, -0.25) is 4.79 Å². The summed E-state index contributed by atoms with van der Waals surface area (Å²) in [5, 5.41) is 5.18. The highest BCUT2D eigenvalue weighted by Crippen LogP contribution is 2.35. The fourth-order valence-electron chi connectivity index (χ4n) is 4.41. The molecular formula is C31H34IN3O4. The number of aryl methyl sites for hydroxylation is 1. The van der Waals surface area contributed by atoms with Crippen LogP contribution >= 0.6 is 22.6 Å². The maximum absolute atomic E-state index is 13.8. The topological polar surface area (TPSA) is 74.9 Å². The SMILES string of the molecule is CCOc1cc(C)c(-c2nc3ccccc3c(=O)n2N=Cc2cc(I)c(OCC)c(OCC)c2)cc1C(C)C. The van der Waals surface area contributed by atoms with E-state index in [0.29, 0.717) is 48.0 Å². The van der Waals surface area contributed by atoms with Crippen LogP contribution in [-0.4, -0.2) is 35.7 Å². The fraction of sp³-hybridized carbons (Fsp3) is 0.323. The average molecular weight is 640 g/mol. The molecule has 0 saturated heterocycles. The Morgan fingerprint density at radius 1 is 0.974 bits per heavy atom. The molecule has 0 aliphatic heterocycles. The Kier molecular flexibility index (Phi) is 9.27. The Bertz CT molecular complexity index is 1580. The maximum Gasteiger partial charge on any atom is 0.282 e. The lowest BCUT2D eigenvalue weighted by atomic mass is 9.96. The number of nitrogens with zero attached hydrogens (tertiary/aromatic N) is 3. The zero-order valence-corrected chi connectivity index (χ0v) is 25.4. The molecule has 204 valence electrons. The molecule has 0 saturated carbocycles. The third-order valence-corrected chi connectivity index (χ3v) is 7.02. The van der Waals surface area contributed by atoms with Crippen molar-refractivity contribution in [3.05, 3.63) is 79.1 Å². The van der Waals surface area contributed by atoms with E-state index in [4.69, 9.17) is 19.2 Å². The van der Waals surface area contributed by atoms with Gasteiger partial charge in [0.15, 0.2) is 17.3 Å². The summed E-state index contributed by atoms with van der Waals surface area (Å²) >= 11 is 2.23. The number of aromatic nitrogens is 2. The molecule has 0 spiro atoms. The van der Waals surface area contributed by atoms with Gasteiger partial charge in [-0.25, -0.2) is 4.98 Å². The van der Waals surface area contributed by atoms with Crippen LogP contribution in [0.1, 0.15) is 57.2 Å². The summed E-state index contributed by atoms with van der Waals surface area (Å²) in [7, 11) is 0. The molecule has 1 aromatic heterocycles. The molecule has 39 heavy (non-hydrogen) atoms. The number of para-hydroxylation sites is 1. The molecule has 4 aromatic rings. The number of hydrogen-bond acceptors (Lipinski definition) is 6. The zero-order chi connectivity index (χ0) is 28.1.